The van der Waals surface area contributed by atoms with Gasteiger partial charge in [-0.15, -0.1) is 0 Å². The van der Waals surface area contributed by atoms with Gasteiger partial charge in [0.05, 0.1) is 21.7 Å². The van der Waals surface area contributed by atoms with E-state index in [9.17, 15) is 10.1 Å². The molecule has 5 nitrogen and oxygen atoms in total. The van der Waals surface area contributed by atoms with Crippen molar-refractivity contribution in [2.45, 2.75) is 44.8 Å². The third-order valence-electron chi connectivity index (χ3n) is 6.07. The molecular formula is C25H23Cl2N3O2S. The third-order valence-corrected chi connectivity index (χ3v) is 7.10. The monoisotopic (exact) mass is 499 g/mol. The molecule has 0 unspecified atom stereocenters. The van der Waals surface area contributed by atoms with E-state index in [1.54, 1.807) is 40.1 Å². The SMILES string of the molecule is CN1C(=S)N(C2CCCCC2)C(=O)/C1=C/c1cc(Cl)c(OCc2ccccc2C#N)c(Cl)c1. The number of thiocarbonyl (C=S) groups is 1. The van der Waals surface area contributed by atoms with E-state index in [2.05, 4.69) is 6.07 Å². The van der Waals surface area contributed by atoms with Crippen molar-refractivity contribution < 1.29 is 9.53 Å². The summed E-state index contributed by atoms with van der Waals surface area (Å²) in [6, 6.07) is 12.9. The summed E-state index contributed by atoms with van der Waals surface area (Å²) in [5.74, 6) is 0.244. The second kappa shape index (κ2) is 10.1. The highest BCUT2D eigenvalue weighted by molar-refractivity contribution is 7.80. The fourth-order valence-corrected chi connectivity index (χ4v) is 5.25. The van der Waals surface area contributed by atoms with E-state index in [0.717, 1.165) is 31.2 Å². The Balaban J connectivity index is 1.55. The molecule has 170 valence electrons. The lowest BCUT2D eigenvalue weighted by Gasteiger charge is -2.30. The quantitative estimate of drug-likeness (QED) is 0.363. The van der Waals surface area contributed by atoms with E-state index in [4.69, 9.17) is 40.2 Å². The molecule has 33 heavy (non-hydrogen) atoms. The predicted molar refractivity (Wildman–Crippen MR) is 134 cm³/mol. The van der Waals surface area contributed by atoms with Crippen molar-refractivity contribution in [1.82, 2.24) is 9.80 Å². The first kappa shape index (κ1) is 23.6. The Morgan fingerprint density at radius 3 is 2.52 bits per heavy atom. The summed E-state index contributed by atoms with van der Waals surface area (Å²) < 4.78 is 5.83. The van der Waals surface area contributed by atoms with Crippen molar-refractivity contribution >= 4 is 52.5 Å². The predicted octanol–water partition coefficient (Wildman–Crippen LogP) is 6.18. The van der Waals surface area contributed by atoms with Crippen LogP contribution in [-0.4, -0.2) is 33.9 Å². The van der Waals surface area contributed by atoms with Gasteiger partial charge in [-0.3, -0.25) is 9.69 Å². The van der Waals surface area contributed by atoms with Crippen LogP contribution < -0.4 is 4.74 Å². The second-order valence-electron chi connectivity index (χ2n) is 8.21. The molecule has 0 N–H and O–H groups in total. The lowest BCUT2D eigenvalue weighted by molar-refractivity contribution is -0.124. The molecule has 1 aliphatic carbocycles. The van der Waals surface area contributed by atoms with Crippen molar-refractivity contribution in [3.05, 3.63) is 68.8 Å². The minimum atomic E-state index is -0.0879. The number of nitrogens with zero attached hydrogens (tertiary/aromatic N) is 3. The van der Waals surface area contributed by atoms with Crippen LogP contribution in [-0.2, 0) is 11.4 Å². The fraction of sp³-hybridized carbons (Fsp3) is 0.320. The number of hydrogen-bond donors (Lipinski definition) is 0. The van der Waals surface area contributed by atoms with Gasteiger partial charge in [0, 0.05) is 18.7 Å². The van der Waals surface area contributed by atoms with Crippen LogP contribution in [0.3, 0.4) is 0 Å². The topological polar surface area (TPSA) is 56.6 Å². The molecule has 0 radical (unpaired) electrons. The summed E-state index contributed by atoms with van der Waals surface area (Å²) in [7, 11) is 1.81. The van der Waals surface area contributed by atoms with Gasteiger partial charge in [0.2, 0.25) is 0 Å². The van der Waals surface area contributed by atoms with Gasteiger partial charge in [-0.1, -0.05) is 60.7 Å². The number of likely N-dealkylation sites (N-methyl/N-ethyl adjacent to an activating group) is 1. The number of amides is 1. The van der Waals surface area contributed by atoms with E-state index in [1.165, 1.54) is 6.42 Å². The summed E-state index contributed by atoms with van der Waals surface area (Å²) in [4.78, 5) is 16.7. The maximum absolute atomic E-state index is 13.2. The summed E-state index contributed by atoms with van der Waals surface area (Å²) >= 11 is 18.5. The lowest BCUT2D eigenvalue weighted by Crippen LogP contribution is -2.41. The van der Waals surface area contributed by atoms with Crippen molar-refractivity contribution in [2.75, 3.05) is 7.05 Å². The van der Waals surface area contributed by atoms with Gasteiger partial charge in [0.1, 0.15) is 12.3 Å². The molecule has 2 aliphatic rings. The maximum atomic E-state index is 13.2. The first-order valence-corrected chi connectivity index (χ1v) is 12.0. The Morgan fingerprint density at radius 2 is 1.85 bits per heavy atom. The zero-order valence-corrected chi connectivity index (χ0v) is 20.5. The number of rotatable bonds is 5. The molecule has 1 amide bonds. The minimum absolute atomic E-state index is 0.0879. The zero-order valence-electron chi connectivity index (χ0n) is 18.2. The molecule has 0 spiro atoms. The number of ether oxygens (including phenoxy) is 1. The van der Waals surface area contributed by atoms with Crippen molar-refractivity contribution in [3.63, 3.8) is 0 Å². The van der Waals surface area contributed by atoms with Gasteiger partial charge in [-0.25, -0.2) is 0 Å². The van der Waals surface area contributed by atoms with Gasteiger partial charge in [-0.05, 0) is 54.9 Å². The number of carbonyl (C=O) groups excluding carboxylic acids is 1. The number of halogens is 2. The van der Waals surface area contributed by atoms with Crippen LogP contribution in [0.4, 0.5) is 0 Å². The fourth-order valence-electron chi connectivity index (χ4n) is 4.30. The van der Waals surface area contributed by atoms with Crippen molar-refractivity contribution in [3.8, 4) is 11.8 Å². The van der Waals surface area contributed by atoms with Crippen LogP contribution in [0, 0.1) is 11.3 Å². The molecule has 4 rings (SSSR count). The molecule has 1 saturated heterocycles. The summed E-state index contributed by atoms with van der Waals surface area (Å²) in [5.41, 5.74) is 2.45. The smallest absolute Gasteiger partial charge is 0.277 e. The Bertz CT molecular complexity index is 1150. The largest absolute Gasteiger partial charge is 0.486 e. The first-order valence-electron chi connectivity index (χ1n) is 10.8. The highest BCUT2D eigenvalue weighted by atomic mass is 35.5. The van der Waals surface area contributed by atoms with Crippen LogP contribution in [0.1, 0.15) is 48.8 Å². The molecule has 1 heterocycles. The Morgan fingerprint density at radius 1 is 1.18 bits per heavy atom. The third kappa shape index (κ3) is 4.86. The van der Waals surface area contributed by atoms with E-state index in [-0.39, 0.29) is 18.6 Å². The number of carbonyl (C=O) groups is 1. The van der Waals surface area contributed by atoms with Crippen LogP contribution in [0.25, 0.3) is 6.08 Å². The molecule has 0 aromatic heterocycles. The average Bonchev–Trinajstić information content (AvgIpc) is 3.02. The van der Waals surface area contributed by atoms with E-state index >= 15 is 0 Å². The first-order chi connectivity index (χ1) is 15.9. The van der Waals surface area contributed by atoms with E-state index < -0.39 is 0 Å². The number of nitriles is 1. The second-order valence-corrected chi connectivity index (χ2v) is 9.39. The van der Waals surface area contributed by atoms with Gasteiger partial charge in [-0.2, -0.15) is 5.26 Å². The maximum Gasteiger partial charge on any atom is 0.277 e. The van der Waals surface area contributed by atoms with Gasteiger partial charge in [0.25, 0.3) is 5.91 Å². The highest BCUT2D eigenvalue weighted by Crippen LogP contribution is 2.37. The van der Waals surface area contributed by atoms with Crippen molar-refractivity contribution in [1.29, 1.82) is 5.26 Å². The molecule has 1 aliphatic heterocycles. The van der Waals surface area contributed by atoms with Crippen LogP contribution in [0.15, 0.2) is 42.1 Å². The Labute approximate surface area is 209 Å². The lowest BCUT2D eigenvalue weighted by atomic mass is 9.94. The number of hydrogen-bond acceptors (Lipinski definition) is 4. The minimum Gasteiger partial charge on any atom is -0.486 e. The summed E-state index contributed by atoms with van der Waals surface area (Å²) in [5, 5.41) is 10.4. The molecular weight excluding hydrogens is 477 g/mol. The zero-order chi connectivity index (χ0) is 23.5. The molecule has 2 aromatic carbocycles. The van der Waals surface area contributed by atoms with Gasteiger partial charge >= 0.3 is 0 Å². The molecule has 0 atom stereocenters. The Hall–Kier alpha value is -2.59. The average molecular weight is 500 g/mol. The summed E-state index contributed by atoms with van der Waals surface area (Å²) in [6.07, 6.45) is 7.15. The molecule has 2 fully saturated rings. The molecule has 8 heteroatoms. The summed E-state index contributed by atoms with van der Waals surface area (Å²) in [6.45, 7) is 0.162. The highest BCUT2D eigenvalue weighted by Gasteiger charge is 2.40. The Kier molecular flexibility index (Phi) is 7.23. The molecule has 2 aromatic rings. The van der Waals surface area contributed by atoms with Crippen LogP contribution in [0.5, 0.6) is 5.75 Å². The van der Waals surface area contributed by atoms with Crippen LogP contribution in [0.2, 0.25) is 10.0 Å². The standard InChI is InChI=1S/C25H23Cl2N3O2S/c1-29-22(24(31)30(25(29)33)19-9-3-2-4-10-19)13-16-11-20(26)23(21(27)12-16)32-15-18-8-6-5-7-17(18)14-28/h5-8,11-13,19H,2-4,9-10,15H2,1H3/b22-13-. The van der Waals surface area contributed by atoms with Crippen molar-refractivity contribution in [2.24, 2.45) is 0 Å². The number of benzene rings is 2. The molecule has 1 saturated carbocycles. The van der Waals surface area contributed by atoms with Gasteiger partial charge < -0.3 is 9.64 Å². The van der Waals surface area contributed by atoms with Gasteiger partial charge in [0.15, 0.2) is 10.9 Å². The normalized spacial score (nSPS) is 18.2. The van der Waals surface area contributed by atoms with E-state index in [1.807, 2.05) is 19.2 Å². The van der Waals surface area contributed by atoms with Crippen LogP contribution >= 0.6 is 35.4 Å². The van der Waals surface area contributed by atoms with E-state index in [0.29, 0.717) is 37.7 Å². The molecule has 0 bridgehead atoms.